The Hall–Kier alpha value is -0.300. The molecule has 0 bridgehead atoms. The molecule has 0 amide bonds. The number of alkyl halides is 1. The smallest absolute Gasteiger partial charge is 0.0423 e. The predicted octanol–water partition coefficient (Wildman–Crippen LogP) is 6.29. The summed E-state index contributed by atoms with van der Waals surface area (Å²) in [6.45, 7) is 6.80. The van der Waals surface area contributed by atoms with Crippen LogP contribution in [0.4, 0.5) is 0 Å². The van der Waals surface area contributed by atoms with Crippen LogP contribution in [0.1, 0.15) is 68.8 Å². The minimum Gasteiger partial charge on any atom is -0.0836 e. The molecule has 18 heavy (non-hydrogen) atoms. The molecule has 0 aromatic heterocycles. The van der Waals surface area contributed by atoms with Crippen molar-refractivity contribution in [3.8, 4) is 0 Å². The molecule has 1 atom stereocenters. The summed E-state index contributed by atoms with van der Waals surface area (Å²) in [4.78, 5) is 0.521. The van der Waals surface area contributed by atoms with Gasteiger partial charge in [0.1, 0.15) is 0 Å². The Morgan fingerprint density at radius 1 is 0.889 bits per heavy atom. The van der Waals surface area contributed by atoms with Gasteiger partial charge in [0.25, 0.3) is 0 Å². The van der Waals surface area contributed by atoms with Crippen molar-refractivity contribution >= 4 is 15.9 Å². The van der Waals surface area contributed by atoms with E-state index in [-0.39, 0.29) is 0 Å². The molecule has 0 heterocycles. The van der Waals surface area contributed by atoms with Crippen LogP contribution in [0.25, 0.3) is 0 Å². The van der Waals surface area contributed by atoms with E-state index in [9.17, 15) is 0 Å². The topological polar surface area (TPSA) is 0 Å². The van der Waals surface area contributed by atoms with Crippen molar-refractivity contribution in [1.29, 1.82) is 0 Å². The summed E-state index contributed by atoms with van der Waals surface area (Å²) >= 11 is 3.92. The number of benzene rings is 1. The van der Waals surface area contributed by atoms with E-state index in [0.717, 1.165) is 5.92 Å². The Kier molecular flexibility index (Phi) is 7.65. The van der Waals surface area contributed by atoms with Crippen LogP contribution in [0.5, 0.6) is 0 Å². The summed E-state index contributed by atoms with van der Waals surface area (Å²) in [6.07, 6.45) is 7.62. The lowest BCUT2D eigenvalue weighted by Gasteiger charge is -2.22. The van der Waals surface area contributed by atoms with Gasteiger partial charge < -0.3 is 0 Å². The van der Waals surface area contributed by atoms with Gasteiger partial charge in [0, 0.05) is 4.83 Å². The zero-order chi connectivity index (χ0) is 13.4. The first-order valence-corrected chi connectivity index (χ1v) is 8.37. The highest BCUT2D eigenvalue weighted by Crippen LogP contribution is 2.36. The molecule has 0 N–H and O–H groups in total. The van der Waals surface area contributed by atoms with E-state index in [0.29, 0.717) is 4.83 Å². The summed E-state index contributed by atoms with van der Waals surface area (Å²) < 4.78 is 0. The van der Waals surface area contributed by atoms with Gasteiger partial charge in [-0.05, 0) is 36.3 Å². The molecule has 1 aromatic carbocycles. The zero-order valence-corrected chi connectivity index (χ0v) is 13.7. The Bertz CT molecular complexity index is 309. The van der Waals surface area contributed by atoms with Gasteiger partial charge in [-0.15, -0.1) is 0 Å². The zero-order valence-electron chi connectivity index (χ0n) is 12.1. The largest absolute Gasteiger partial charge is 0.0836 e. The fourth-order valence-corrected chi connectivity index (χ4v) is 3.44. The summed E-state index contributed by atoms with van der Waals surface area (Å²) in [5, 5.41) is 0. The third-order valence-corrected chi connectivity index (χ3v) is 4.85. The van der Waals surface area contributed by atoms with Gasteiger partial charge in [0.05, 0.1) is 0 Å². The van der Waals surface area contributed by atoms with Crippen LogP contribution in [0.3, 0.4) is 0 Å². The highest BCUT2D eigenvalue weighted by Gasteiger charge is 2.18. The molecule has 1 rings (SSSR count). The second-order valence-corrected chi connectivity index (χ2v) is 6.22. The minimum absolute atomic E-state index is 0.521. The van der Waals surface area contributed by atoms with E-state index in [4.69, 9.17) is 0 Å². The number of aryl methyl sites for hydroxylation is 1. The number of hydrogen-bond acceptors (Lipinski definition) is 0. The summed E-state index contributed by atoms with van der Waals surface area (Å²) in [5.74, 6) is 0.775. The first kappa shape index (κ1) is 15.8. The van der Waals surface area contributed by atoms with Crippen molar-refractivity contribution in [2.75, 3.05) is 0 Å². The summed E-state index contributed by atoms with van der Waals surface area (Å²) in [5.41, 5.74) is 2.91. The van der Waals surface area contributed by atoms with E-state index < -0.39 is 0 Å². The van der Waals surface area contributed by atoms with Crippen molar-refractivity contribution in [2.24, 2.45) is 5.92 Å². The minimum atomic E-state index is 0.521. The molecular weight excluding hydrogens is 284 g/mol. The first-order valence-electron chi connectivity index (χ1n) is 7.45. The average Bonchev–Trinajstić information content (AvgIpc) is 2.39. The Morgan fingerprint density at radius 3 is 1.89 bits per heavy atom. The Balaban J connectivity index is 2.70. The quantitative estimate of drug-likeness (QED) is 0.495. The van der Waals surface area contributed by atoms with Crippen molar-refractivity contribution in [3.05, 3.63) is 35.4 Å². The van der Waals surface area contributed by atoms with Crippen molar-refractivity contribution in [2.45, 2.75) is 64.1 Å². The third kappa shape index (κ3) is 4.76. The van der Waals surface area contributed by atoms with Gasteiger partial charge in [-0.1, -0.05) is 80.2 Å². The van der Waals surface area contributed by atoms with Crippen LogP contribution in [-0.2, 0) is 6.42 Å². The molecule has 0 saturated heterocycles. The molecule has 0 fully saturated rings. The molecule has 1 aromatic rings. The van der Waals surface area contributed by atoms with Crippen LogP contribution < -0.4 is 0 Å². The van der Waals surface area contributed by atoms with Crippen LogP contribution in [0.2, 0.25) is 0 Å². The van der Waals surface area contributed by atoms with Gasteiger partial charge >= 0.3 is 0 Å². The fraction of sp³-hybridized carbons (Fsp3) is 0.647. The summed E-state index contributed by atoms with van der Waals surface area (Å²) in [6, 6.07) is 9.20. The molecule has 0 nitrogen and oxygen atoms in total. The molecule has 0 aliphatic heterocycles. The normalized spacial score (nSPS) is 12.9. The van der Waals surface area contributed by atoms with Crippen LogP contribution in [0, 0.1) is 5.92 Å². The standard InChI is InChI=1S/C17H27Br/c1-4-7-14-10-12-16(13-11-14)17(18)15(8-5-2)9-6-3/h10-13,15,17H,4-9H2,1-3H3. The maximum Gasteiger partial charge on any atom is 0.0423 e. The van der Waals surface area contributed by atoms with E-state index in [1.165, 1.54) is 49.7 Å². The van der Waals surface area contributed by atoms with Gasteiger partial charge in [0.15, 0.2) is 0 Å². The molecule has 0 aliphatic rings. The Labute approximate surface area is 121 Å². The molecule has 0 aliphatic carbocycles. The lowest BCUT2D eigenvalue weighted by molar-refractivity contribution is 0.435. The second kappa shape index (κ2) is 8.74. The summed E-state index contributed by atoms with van der Waals surface area (Å²) in [7, 11) is 0. The fourth-order valence-electron chi connectivity index (χ4n) is 2.61. The molecule has 1 heteroatoms. The number of halogens is 1. The maximum atomic E-state index is 3.92. The molecule has 1 unspecified atom stereocenters. The average molecular weight is 311 g/mol. The van der Waals surface area contributed by atoms with Crippen molar-refractivity contribution < 1.29 is 0 Å². The molecule has 0 spiro atoms. The lowest BCUT2D eigenvalue weighted by Crippen LogP contribution is -2.07. The van der Waals surface area contributed by atoms with E-state index in [1.807, 2.05) is 0 Å². The van der Waals surface area contributed by atoms with Gasteiger partial charge in [-0.25, -0.2) is 0 Å². The van der Waals surface area contributed by atoms with Gasteiger partial charge in [-0.2, -0.15) is 0 Å². The van der Waals surface area contributed by atoms with Crippen LogP contribution >= 0.6 is 15.9 Å². The highest BCUT2D eigenvalue weighted by atomic mass is 79.9. The van der Waals surface area contributed by atoms with E-state index in [1.54, 1.807) is 0 Å². The Morgan fingerprint density at radius 2 is 1.44 bits per heavy atom. The predicted molar refractivity (Wildman–Crippen MR) is 85.4 cm³/mol. The molecule has 0 saturated carbocycles. The highest BCUT2D eigenvalue weighted by molar-refractivity contribution is 9.09. The number of hydrogen-bond donors (Lipinski definition) is 0. The van der Waals surface area contributed by atoms with Crippen LogP contribution in [0.15, 0.2) is 24.3 Å². The number of rotatable bonds is 8. The SMILES string of the molecule is CCCc1ccc(C(Br)C(CCC)CCC)cc1. The second-order valence-electron chi connectivity index (χ2n) is 5.23. The van der Waals surface area contributed by atoms with Crippen molar-refractivity contribution in [3.63, 3.8) is 0 Å². The van der Waals surface area contributed by atoms with E-state index >= 15 is 0 Å². The monoisotopic (exact) mass is 310 g/mol. The third-order valence-electron chi connectivity index (χ3n) is 3.57. The molecule has 102 valence electrons. The lowest BCUT2D eigenvalue weighted by atomic mass is 9.90. The van der Waals surface area contributed by atoms with Crippen LogP contribution in [-0.4, -0.2) is 0 Å². The molecule has 0 radical (unpaired) electrons. The van der Waals surface area contributed by atoms with E-state index in [2.05, 4.69) is 61.0 Å². The molecular formula is C17H27Br. The van der Waals surface area contributed by atoms with Gasteiger partial charge in [0.2, 0.25) is 0 Å². The maximum absolute atomic E-state index is 3.92. The first-order chi connectivity index (χ1) is 8.72. The van der Waals surface area contributed by atoms with Gasteiger partial charge in [-0.3, -0.25) is 0 Å². The van der Waals surface area contributed by atoms with Crippen molar-refractivity contribution in [1.82, 2.24) is 0 Å².